The summed E-state index contributed by atoms with van der Waals surface area (Å²) in [5, 5.41) is 7.05. The SMILES string of the molecule is CCOC(=O)NC(CN)c1cn(C)nc1CC. The highest BCUT2D eigenvalue weighted by Gasteiger charge is 2.18. The van der Waals surface area contributed by atoms with Gasteiger partial charge < -0.3 is 15.8 Å². The summed E-state index contributed by atoms with van der Waals surface area (Å²) in [7, 11) is 1.85. The Morgan fingerprint density at radius 2 is 2.35 bits per heavy atom. The van der Waals surface area contributed by atoms with E-state index in [2.05, 4.69) is 10.4 Å². The van der Waals surface area contributed by atoms with Gasteiger partial charge in [0.05, 0.1) is 18.3 Å². The van der Waals surface area contributed by atoms with Crippen molar-refractivity contribution in [1.29, 1.82) is 0 Å². The van der Waals surface area contributed by atoms with E-state index in [4.69, 9.17) is 10.5 Å². The minimum absolute atomic E-state index is 0.252. The summed E-state index contributed by atoms with van der Waals surface area (Å²) < 4.78 is 6.57. The van der Waals surface area contributed by atoms with E-state index >= 15 is 0 Å². The molecular weight excluding hydrogens is 220 g/mol. The van der Waals surface area contributed by atoms with Crippen LogP contribution in [0.25, 0.3) is 0 Å². The smallest absolute Gasteiger partial charge is 0.407 e. The van der Waals surface area contributed by atoms with Gasteiger partial charge in [0, 0.05) is 25.4 Å². The lowest BCUT2D eigenvalue weighted by atomic mass is 10.1. The molecule has 1 unspecified atom stereocenters. The molecule has 0 saturated carbocycles. The van der Waals surface area contributed by atoms with Crippen LogP contribution >= 0.6 is 0 Å². The van der Waals surface area contributed by atoms with Crippen LogP contribution in [0.15, 0.2) is 6.20 Å². The van der Waals surface area contributed by atoms with Gasteiger partial charge in [0.1, 0.15) is 0 Å². The average Bonchev–Trinajstić information content (AvgIpc) is 2.67. The third-order valence-electron chi connectivity index (χ3n) is 2.45. The molecule has 3 N–H and O–H groups in total. The summed E-state index contributed by atoms with van der Waals surface area (Å²) >= 11 is 0. The second kappa shape index (κ2) is 6.24. The molecule has 17 heavy (non-hydrogen) atoms. The van der Waals surface area contributed by atoms with Gasteiger partial charge in [0.15, 0.2) is 0 Å². The first kappa shape index (κ1) is 13.5. The maximum absolute atomic E-state index is 11.4. The van der Waals surface area contributed by atoms with Crippen LogP contribution in [0.1, 0.15) is 31.1 Å². The van der Waals surface area contributed by atoms with Gasteiger partial charge in [-0.1, -0.05) is 6.92 Å². The molecule has 0 aliphatic heterocycles. The highest BCUT2D eigenvalue weighted by molar-refractivity contribution is 5.68. The maximum atomic E-state index is 11.4. The van der Waals surface area contributed by atoms with Gasteiger partial charge in [-0.2, -0.15) is 5.10 Å². The second-order valence-corrected chi connectivity index (χ2v) is 3.71. The number of aromatic nitrogens is 2. The molecule has 1 rings (SSSR count). The van der Waals surface area contributed by atoms with Crippen LogP contribution in [0.3, 0.4) is 0 Å². The number of nitrogens with one attached hydrogen (secondary N) is 1. The van der Waals surface area contributed by atoms with Crippen molar-refractivity contribution in [3.8, 4) is 0 Å². The van der Waals surface area contributed by atoms with Crippen LogP contribution in [0.4, 0.5) is 4.79 Å². The quantitative estimate of drug-likeness (QED) is 0.794. The van der Waals surface area contributed by atoms with Crippen molar-refractivity contribution in [3.63, 3.8) is 0 Å². The number of alkyl carbamates (subject to hydrolysis) is 1. The fourth-order valence-corrected chi connectivity index (χ4v) is 1.70. The molecule has 6 heteroatoms. The van der Waals surface area contributed by atoms with Crippen molar-refractivity contribution in [2.24, 2.45) is 12.8 Å². The zero-order valence-corrected chi connectivity index (χ0v) is 10.6. The number of nitrogens with two attached hydrogens (primary N) is 1. The van der Waals surface area contributed by atoms with Crippen molar-refractivity contribution >= 4 is 6.09 Å². The fraction of sp³-hybridized carbons (Fsp3) is 0.636. The molecule has 0 aliphatic rings. The van der Waals surface area contributed by atoms with Crippen molar-refractivity contribution in [2.45, 2.75) is 26.3 Å². The lowest BCUT2D eigenvalue weighted by Crippen LogP contribution is -2.34. The summed E-state index contributed by atoms with van der Waals surface area (Å²) in [6.45, 7) is 4.44. The van der Waals surface area contributed by atoms with Gasteiger partial charge in [0.25, 0.3) is 0 Å². The van der Waals surface area contributed by atoms with Crippen molar-refractivity contribution < 1.29 is 9.53 Å². The molecule has 96 valence electrons. The summed E-state index contributed by atoms with van der Waals surface area (Å²) in [6.07, 6.45) is 2.23. The first-order valence-corrected chi connectivity index (χ1v) is 5.78. The molecule has 1 atom stereocenters. The van der Waals surface area contributed by atoms with E-state index in [1.54, 1.807) is 11.6 Å². The van der Waals surface area contributed by atoms with Crippen molar-refractivity contribution in [2.75, 3.05) is 13.2 Å². The van der Waals surface area contributed by atoms with Crippen LogP contribution in [0.5, 0.6) is 0 Å². The van der Waals surface area contributed by atoms with Gasteiger partial charge in [-0.3, -0.25) is 4.68 Å². The Hall–Kier alpha value is -1.56. The highest BCUT2D eigenvalue weighted by atomic mass is 16.5. The second-order valence-electron chi connectivity index (χ2n) is 3.71. The lowest BCUT2D eigenvalue weighted by Gasteiger charge is -2.16. The molecule has 0 spiro atoms. The third kappa shape index (κ3) is 3.45. The van der Waals surface area contributed by atoms with E-state index in [9.17, 15) is 4.79 Å². The molecule has 6 nitrogen and oxygen atoms in total. The zero-order valence-electron chi connectivity index (χ0n) is 10.6. The van der Waals surface area contributed by atoms with E-state index in [0.717, 1.165) is 17.7 Å². The largest absolute Gasteiger partial charge is 0.450 e. The van der Waals surface area contributed by atoms with Gasteiger partial charge in [0.2, 0.25) is 0 Å². The number of amides is 1. The predicted molar refractivity (Wildman–Crippen MR) is 64.5 cm³/mol. The van der Waals surface area contributed by atoms with Crippen LogP contribution in [0, 0.1) is 0 Å². The Kier molecular flexibility index (Phi) is 4.96. The van der Waals surface area contributed by atoms with Crippen LogP contribution in [-0.2, 0) is 18.2 Å². The number of carbonyl (C=O) groups excluding carboxylic acids is 1. The number of hydrogen-bond acceptors (Lipinski definition) is 4. The molecule has 0 fully saturated rings. The number of rotatable bonds is 5. The Morgan fingerprint density at radius 3 is 2.88 bits per heavy atom. The van der Waals surface area contributed by atoms with E-state index in [0.29, 0.717) is 13.2 Å². The molecule has 0 aromatic carbocycles. The molecular formula is C11H20N4O2. The zero-order chi connectivity index (χ0) is 12.8. The number of nitrogens with zero attached hydrogens (tertiary/aromatic N) is 2. The Balaban J connectivity index is 2.81. The van der Waals surface area contributed by atoms with Crippen LogP contribution < -0.4 is 11.1 Å². The van der Waals surface area contributed by atoms with Gasteiger partial charge >= 0.3 is 6.09 Å². The number of aryl methyl sites for hydroxylation is 2. The summed E-state index contributed by atoms with van der Waals surface area (Å²) in [5.74, 6) is 0. The van der Waals surface area contributed by atoms with Crippen LogP contribution in [-0.4, -0.2) is 29.0 Å². The summed E-state index contributed by atoms with van der Waals surface area (Å²) in [4.78, 5) is 11.4. The Labute approximate surface area is 101 Å². The lowest BCUT2D eigenvalue weighted by molar-refractivity contribution is 0.148. The normalized spacial score (nSPS) is 12.2. The fourth-order valence-electron chi connectivity index (χ4n) is 1.70. The number of ether oxygens (including phenoxy) is 1. The monoisotopic (exact) mass is 240 g/mol. The molecule has 1 heterocycles. The minimum Gasteiger partial charge on any atom is -0.450 e. The Morgan fingerprint density at radius 1 is 1.65 bits per heavy atom. The molecule has 0 aliphatic carbocycles. The predicted octanol–water partition coefficient (Wildman–Crippen LogP) is 0.728. The molecule has 1 aromatic heterocycles. The minimum atomic E-state index is -0.450. The molecule has 1 aromatic rings. The standard InChI is InChI=1S/C11H20N4O2/c1-4-9-8(7-15(3)14-9)10(6-12)13-11(16)17-5-2/h7,10H,4-6,12H2,1-3H3,(H,13,16). The van der Waals surface area contributed by atoms with E-state index in [-0.39, 0.29) is 6.04 Å². The van der Waals surface area contributed by atoms with Gasteiger partial charge in [-0.05, 0) is 13.3 Å². The van der Waals surface area contributed by atoms with Crippen LogP contribution in [0.2, 0.25) is 0 Å². The topological polar surface area (TPSA) is 82.2 Å². The summed E-state index contributed by atoms with van der Waals surface area (Å²) in [6, 6.07) is -0.252. The van der Waals surface area contributed by atoms with Gasteiger partial charge in [-0.25, -0.2) is 4.79 Å². The van der Waals surface area contributed by atoms with Gasteiger partial charge in [-0.15, -0.1) is 0 Å². The molecule has 0 bridgehead atoms. The number of hydrogen-bond donors (Lipinski definition) is 2. The highest BCUT2D eigenvalue weighted by Crippen LogP contribution is 2.16. The first-order chi connectivity index (χ1) is 8.12. The average molecular weight is 240 g/mol. The van der Waals surface area contributed by atoms with E-state index in [1.807, 2.05) is 20.2 Å². The molecule has 0 saturated heterocycles. The molecule has 1 amide bonds. The van der Waals surface area contributed by atoms with E-state index < -0.39 is 6.09 Å². The van der Waals surface area contributed by atoms with Crippen molar-refractivity contribution in [3.05, 3.63) is 17.5 Å². The Bertz CT molecular complexity index is 376. The third-order valence-corrected chi connectivity index (χ3v) is 2.45. The summed E-state index contributed by atoms with van der Waals surface area (Å²) in [5.41, 5.74) is 7.57. The van der Waals surface area contributed by atoms with Crippen molar-refractivity contribution in [1.82, 2.24) is 15.1 Å². The number of carbonyl (C=O) groups is 1. The van der Waals surface area contributed by atoms with E-state index in [1.165, 1.54) is 0 Å². The molecule has 0 radical (unpaired) electrons. The first-order valence-electron chi connectivity index (χ1n) is 5.78. The maximum Gasteiger partial charge on any atom is 0.407 e.